The predicted molar refractivity (Wildman–Crippen MR) is 150 cm³/mol. The fraction of sp³-hybridized carbons (Fsp3) is 0.143. The molecule has 0 bridgehead atoms. The monoisotopic (exact) mass is 564 g/mol. The molecule has 0 aliphatic heterocycles. The quantitative estimate of drug-likeness (QED) is 0.147. The lowest BCUT2D eigenvalue weighted by Crippen LogP contribution is -2.36. The van der Waals surface area contributed by atoms with Crippen LogP contribution >= 0.6 is 11.8 Å². The summed E-state index contributed by atoms with van der Waals surface area (Å²) in [5.41, 5.74) is 10.3. The van der Waals surface area contributed by atoms with E-state index in [0.29, 0.717) is 38.3 Å². The second-order valence-electron chi connectivity index (χ2n) is 8.57. The highest BCUT2D eigenvalue weighted by Crippen LogP contribution is 2.44. The van der Waals surface area contributed by atoms with Gasteiger partial charge in [0.2, 0.25) is 12.2 Å². The number of nitrogens with two attached hydrogens (primary N) is 1. The molecular formula is C28H23F3N6O2S. The first-order chi connectivity index (χ1) is 19.1. The zero-order valence-corrected chi connectivity index (χ0v) is 22.2. The Morgan fingerprint density at radius 1 is 1.18 bits per heavy atom. The van der Waals surface area contributed by atoms with Crippen molar-refractivity contribution in [2.24, 2.45) is 7.05 Å². The minimum atomic E-state index is -3.36. The number of hydrogen-bond donors (Lipinski definition) is 3. The van der Waals surface area contributed by atoms with Gasteiger partial charge in [-0.05, 0) is 47.7 Å². The molecule has 2 heterocycles. The average Bonchev–Trinajstić information content (AvgIpc) is 3.26. The topological polar surface area (TPSA) is 126 Å². The van der Waals surface area contributed by atoms with E-state index < -0.39 is 18.6 Å². The van der Waals surface area contributed by atoms with Crippen LogP contribution in [0.4, 0.5) is 24.7 Å². The van der Waals surface area contributed by atoms with Gasteiger partial charge in [-0.2, -0.15) is 5.26 Å². The minimum Gasteiger partial charge on any atom is -0.383 e. The van der Waals surface area contributed by atoms with Gasteiger partial charge >= 0.3 is 0 Å². The van der Waals surface area contributed by atoms with Gasteiger partial charge in [0.25, 0.3) is 12.3 Å². The van der Waals surface area contributed by atoms with E-state index in [1.807, 2.05) is 4.57 Å². The van der Waals surface area contributed by atoms with Crippen molar-refractivity contribution in [3.63, 3.8) is 0 Å². The number of rotatable bonds is 8. The molecule has 0 aliphatic rings. The van der Waals surface area contributed by atoms with Crippen LogP contribution in [-0.4, -0.2) is 40.3 Å². The van der Waals surface area contributed by atoms with Gasteiger partial charge in [0, 0.05) is 29.4 Å². The zero-order chi connectivity index (χ0) is 29.1. The van der Waals surface area contributed by atoms with E-state index in [-0.39, 0.29) is 22.9 Å². The van der Waals surface area contributed by atoms with Crippen molar-refractivity contribution in [3.05, 3.63) is 72.4 Å². The van der Waals surface area contributed by atoms with Crippen LogP contribution in [0.5, 0.6) is 0 Å². The second-order valence-corrected chi connectivity index (χ2v) is 9.42. The molecule has 2 amide bonds. The number of hydrogen-bond acceptors (Lipinski definition) is 6. The van der Waals surface area contributed by atoms with E-state index in [1.54, 1.807) is 55.0 Å². The molecule has 2 aromatic heterocycles. The second kappa shape index (κ2) is 11.5. The van der Waals surface area contributed by atoms with Gasteiger partial charge < -0.3 is 20.9 Å². The van der Waals surface area contributed by atoms with Gasteiger partial charge in [-0.15, -0.1) is 11.8 Å². The van der Waals surface area contributed by atoms with Crippen LogP contribution in [0.15, 0.2) is 66.2 Å². The lowest BCUT2D eigenvalue weighted by molar-refractivity contribution is -0.111. The van der Waals surface area contributed by atoms with Crippen molar-refractivity contribution < 1.29 is 22.8 Å². The summed E-state index contributed by atoms with van der Waals surface area (Å²) in [6.07, 6.45) is -1.93. The Morgan fingerprint density at radius 2 is 1.85 bits per heavy atom. The molecule has 0 saturated carbocycles. The molecule has 1 atom stereocenters. The summed E-state index contributed by atoms with van der Waals surface area (Å²) in [7, 11) is 1.78. The first kappa shape index (κ1) is 28.3. The lowest BCUT2D eigenvalue weighted by Gasteiger charge is -2.14. The van der Waals surface area contributed by atoms with Crippen molar-refractivity contribution in [2.45, 2.75) is 17.6 Å². The van der Waals surface area contributed by atoms with Crippen LogP contribution in [0.1, 0.15) is 15.9 Å². The van der Waals surface area contributed by atoms with E-state index in [9.17, 15) is 28.0 Å². The number of aromatic nitrogens is 2. The Labute approximate surface area is 231 Å². The Morgan fingerprint density at radius 3 is 2.45 bits per heavy atom. The van der Waals surface area contributed by atoms with Gasteiger partial charge in [0.1, 0.15) is 11.9 Å². The maximum Gasteiger partial charge on any atom is 0.287 e. The Bertz CT molecular complexity index is 1680. The maximum absolute atomic E-state index is 13.5. The van der Waals surface area contributed by atoms with Crippen molar-refractivity contribution in [1.29, 1.82) is 5.26 Å². The number of nitrogens with zero attached hydrogens (tertiary/aromatic N) is 3. The number of alkyl halides is 3. The number of nitriles is 1. The standard InChI is InChI=1S/C28H23F3N6O2S/c1-4-20(38)35-17-8-5-14(6-9-17)23-21(22-24(37(23)2)16(12-32)13-34-27(22)33)15-7-10-18(19(11-15)40-3)28(39)36-26(31)25(29)30/h4-11,13,25-26H,1H2,2-3H3,(H2,33,34)(H,35,38)(H,36,39). The summed E-state index contributed by atoms with van der Waals surface area (Å²) in [6, 6.07) is 13.8. The van der Waals surface area contributed by atoms with Crippen LogP contribution in [0, 0.1) is 11.3 Å². The van der Waals surface area contributed by atoms with Crippen molar-refractivity contribution in [3.8, 4) is 28.5 Å². The van der Waals surface area contributed by atoms with Gasteiger partial charge in [0.15, 0.2) is 0 Å². The minimum absolute atomic E-state index is 0.0208. The van der Waals surface area contributed by atoms with E-state index >= 15 is 0 Å². The van der Waals surface area contributed by atoms with Crippen LogP contribution in [0.2, 0.25) is 0 Å². The van der Waals surface area contributed by atoms with E-state index in [1.165, 1.54) is 24.0 Å². The molecule has 4 N–H and O–H groups in total. The molecular weight excluding hydrogens is 541 g/mol. The third kappa shape index (κ3) is 5.23. The lowest BCUT2D eigenvalue weighted by atomic mass is 9.97. The van der Waals surface area contributed by atoms with Gasteiger partial charge in [0.05, 0.1) is 27.7 Å². The van der Waals surface area contributed by atoms with Crippen molar-refractivity contribution >= 4 is 46.0 Å². The molecule has 4 rings (SSSR count). The normalized spacial score (nSPS) is 11.7. The first-order valence-electron chi connectivity index (χ1n) is 11.7. The van der Waals surface area contributed by atoms with E-state index in [2.05, 4.69) is 22.9 Å². The number of halogens is 3. The fourth-order valence-electron chi connectivity index (χ4n) is 4.41. The summed E-state index contributed by atoms with van der Waals surface area (Å²) in [4.78, 5) is 28.9. The predicted octanol–water partition coefficient (Wildman–Crippen LogP) is 5.50. The molecule has 0 radical (unpaired) electrons. The Balaban J connectivity index is 1.94. The Kier molecular flexibility index (Phi) is 8.16. The highest BCUT2D eigenvalue weighted by Gasteiger charge is 2.26. The Hall–Kier alpha value is -4.76. The number of nitrogen functional groups attached to an aromatic ring is 1. The van der Waals surface area contributed by atoms with Gasteiger partial charge in [-0.3, -0.25) is 9.59 Å². The fourth-order valence-corrected chi connectivity index (χ4v) is 5.04. The number of benzene rings is 2. The summed E-state index contributed by atoms with van der Waals surface area (Å²) >= 11 is 1.18. The van der Waals surface area contributed by atoms with Crippen molar-refractivity contribution in [1.82, 2.24) is 14.9 Å². The zero-order valence-electron chi connectivity index (χ0n) is 21.3. The summed E-state index contributed by atoms with van der Waals surface area (Å²) in [5, 5.41) is 14.7. The van der Waals surface area contributed by atoms with E-state index in [0.717, 1.165) is 11.6 Å². The number of amides is 2. The SMILES string of the molecule is C=CC(=O)Nc1ccc(-c2c(-c3ccc(C(=O)NC(F)C(F)F)c(SC)c3)c3c(N)ncc(C#N)c3n2C)cc1. The molecule has 40 heavy (non-hydrogen) atoms. The molecule has 12 heteroatoms. The number of carbonyl (C=O) groups excluding carboxylic acids is 2. The average molecular weight is 565 g/mol. The molecule has 4 aromatic rings. The van der Waals surface area contributed by atoms with Gasteiger partial charge in [-0.25, -0.2) is 18.2 Å². The maximum atomic E-state index is 13.5. The number of aryl methyl sites for hydroxylation is 1. The molecule has 1 unspecified atom stereocenters. The first-order valence-corrected chi connectivity index (χ1v) is 13.0. The number of nitrogens with one attached hydrogen (secondary N) is 2. The number of thioether (sulfide) groups is 1. The van der Waals surface area contributed by atoms with Crippen molar-refractivity contribution in [2.75, 3.05) is 17.3 Å². The summed E-state index contributed by atoms with van der Waals surface area (Å²) < 4.78 is 40.7. The number of carbonyl (C=O) groups is 2. The number of anilines is 2. The number of fused-ring (bicyclic) bond motifs is 1. The number of pyridine rings is 1. The molecule has 8 nitrogen and oxygen atoms in total. The molecule has 0 aliphatic carbocycles. The van der Waals surface area contributed by atoms with Gasteiger partial charge in [-0.1, -0.05) is 24.8 Å². The van der Waals surface area contributed by atoms with Crippen LogP contribution in [0.25, 0.3) is 33.3 Å². The third-order valence-corrected chi connectivity index (χ3v) is 6.97. The molecule has 204 valence electrons. The van der Waals surface area contributed by atoms with Crippen LogP contribution < -0.4 is 16.4 Å². The summed E-state index contributed by atoms with van der Waals surface area (Å²) in [5.74, 6) is -1.17. The highest BCUT2D eigenvalue weighted by atomic mass is 32.2. The van der Waals surface area contributed by atoms with E-state index in [4.69, 9.17) is 5.73 Å². The molecule has 2 aromatic carbocycles. The molecule has 0 fully saturated rings. The van der Waals surface area contributed by atoms with Crippen LogP contribution in [0.3, 0.4) is 0 Å². The van der Waals surface area contributed by atoms with Crippen LogP contribution in [-0.2, 0) is 11.8 Å². The highest BCUT2D eigenvalue weighted by molar-refractivity contribution is 7.98. The molecule has 0 spiro atoms. The molecule has 0 saturated heterocycles. The smallest absolute Gasteiger partial charge is 0.287 e. The third-order valence-electron chi connectivity index (χ3n) is 6.20. The summed E-state index contributed by atoms with van der Waals surface area (Å²) in [6.45, 7) is 3.44. The largest absolute Gasteiger partial charge is 0.383 e.